The molecular formula is C11H7N3O. The minimum absolute atomic E-state index is 0.504. The normalized spacial score (nSPS) is 10.7. The van der Waals surface area contributed by atoms with Gasteiger partial charge in [-0.3, -0.25) is 4.98 Å². The molecule has 0 saturated heterocycles. The van der Waals surface area contributed by atoms with Crippen LogP contribution in [0.15, 0.2) is 47.3 Å². The van der Waals surface area contributed by atoms with Gasteiger partial charge >= 0.3 is 0 Å². The monoisotopic (exact) mass is 197 g/mol. The van der Waals surface area contributed by atoms with Crippen LogP contribution in [0.1, 0.15) is 0 Å². The lowest BCUT2D eigenvalue weighted by molar-refractivity contribution is 0.616. The zero-order chi connectivity index (χ0) is 10.1. The summed E-state index contributed by atoms with van der Waals surface area (Å²) in [7, 11) is 0. The lowest BCUT2D eigenvalue weighted by atomic mass is 10.3. The van der Waals surface area contributed by atoms with E-state index in [-0.39, 0.29) is 0 Å². The van der Waals surface area contributed by atoms with Gasteiger partial charge in [0.15, 0.2) is 5.58 Å². The van der Waals surface area contributed by atoms with Crippen molar-refractivity contribution in [1.29, 1.82) is 0 Å². The Morgan fingerprint density at radius 3 is 2.80 bits per heavy atom. The highest BCUT2D eigenvalue weighted by molar-refractivity contribution is 5.75. The first-order valence-electron chi connectivity index (χ1n) is 4.55. The molecule has 0 radical (unpaired) electrons. The topological polar surface area (TPSA) is 51.8 Å². The van der Waals surface area contributed by atoms with Gasteiger partial charge in [0.05, 0.1) is 6.20 Å². The van der Waals surface area contributed by atoms with Crippen LogP contribution in [0, 0.1) is 0 Å². The van der Waals surface area contributed by atoms with Crippen LogP contribution in [0.4, 0.5) is 0 Å². The molecule has 1 aromatic carbocycles. The van der Waals surface area contributed by atoms with Crippen LogP contribution < -0.4 is 0 Å². The maximum atomic E-state index is 5.54. The molecule has 0 saturated carbocycles. The molecule has 2 heterocycles. The third-order valence-electron chi connectivity index (χ3n) is 2.08. The average molecular weight is 197 g/mol. The summed E-state index contributed by atoms with van der Waals surface area (Å²) >= 11 is 0. The van der Waals surface area contributed by atoms with Gasteiger partial charge in [-0.25, -0.2) is 9.97 Å². The van der Waals surface area contributed by atoms with Gasteiger partial charge in [0.2, 0.25) is 5.89 Å². The van der Waals surface area contributed by atoms with E-state index in [1.54, 1.807) is 18.6 Å². The van der Waals surface area contributed by atoms with E-state index in [0.29, 0.717) is 11.6 Å². The third-order valence-corrected chi connectivity index (χ3v) is 2.08. The molecular weight excluding hydrogens is 190 g/mol. The number of nitrogens with zero attached hydrogens (tertiary/aromatic N) is 3. The van der Waals surface area contributed by atoms with E-state index >= 15 is 0 Å². The molecule has 0 amide bonds. The molecule has 2 aromatic heterocycles. The molecule has 15 heavy (non-hydrogen) atoms. The van der Waals surface area contributed by atoms with Gasteiger partial charge in [-0.1, -0.05) is 12.1 Å². The average Bonchev–Trinajstić information content (AvgIpc) is 2.74. The smallest absolute Gasteiger partial charge is 0.247 e. The lowest BCUT2D eigenvalue weighted by Gasteiger charge is -1.89. The first-order chi connectivity index (χ1) is 7.43. The Bertz CT molecular complexity index is 556. The molecule has 0 aliphatic carbocycles. The number of aromatic nitrogens is 3. The van der Waals surface area contributed by atoms with Crippen molar-refractivity contribution in [2.75, 3.05) is 0 Å². The molecule has 0 aliphatic rings. The lowest BCUT2D eigenvalue weighted by Crippen LogP contribution is -1.82. The van der Waals surface area contributed by atoms with Gasteiger partial charge in [-0.15, -0.1) is 0 Å². The van der Waals surface area contributed by atoms with Crippen molar-refractivity contribution >= 4 is 11.1 Å². The first kappa shape index (κ1) is 8.11. The van der Waals surface area contributed by atoms with Crippen LogP contribution >= 0.6 is 0 Å². The van der Waals surface area contributed by atoms with E-state index in [2.05, 4.69) is 15.0 Å². The molecule has 0 aliphatic heterocycles. The fraction of sp³-hybridized carbons (Fsp3) is 0. The van der Waals surface area contributed by atoms with Crippen molar-refractivity contribution in [2.45, 2.75) is 0 Å². The highest BCUT2D eigenvalue weighted by Gasteiger charge is 2.07. The summed E-state index contributed by atoms with van der Waals surface area (Å²) in [6, 6.07) is 7.61. The molecule has 3 rings (SSSR count). The van der Waals surface area contributed by atoms with E-state index in [0.717, 1.165) is 11.1 Å². The van der Waals surface area contributed by atoms with E-state index in [4.69, 9.17) is 4.42 Å². The summed E-state index contributed by atoms with van der Waals surface area (Å²) in [5, 5.41) is 0. The maximum Gasteiger partial charge on any atom is 0.247 e. The molecule has 72 valence electrons. The van der Waals surface area contributed by atoms with Crippen LogP contribution in [-0.4, -0.2) is 15.0 Å². The molecule has 0 bridgehead atoms. The van der Waals surface area contributed by atoms with E-state index < -0.39 is 0 Å². The second-order valence-electron chi connectivity index (χ2n) is 3.08. The quantitative estimate of drug-likeness (QED) is 0.600. The molecule has 0 unspecified atom stereocenters. The highest BCUT2D eigenvalue weighted by atomic mass is 16.3. The molecule has 0 fully saturated rings. The highest BCUT2D eigenvalue weighted by Crippen LogP contribution is 2.21. The zero-order valence-electron chi connectivity index (χ0n) is 7.79. The zero-order valence-corrected chi connectivity index (χ0v) is 7.79. The third kappa shape index (κ3) is 1.36. The van der Waals surface area contributed by atoms with Crippen molar-refractivity contribution in [2.24, 2.45) is 0 Å². The molecule has 0 N–H and O–H groups in total. The van der Waals surface area contributed by atoms with Crippen LogP contribution in [0.5, 0.6) is 0 Å². The summed E-state index contributed by atoms with van der Waals surface area (Å²) in [6.07, 6.45) is 4.86. The second-order valence-corrected chi connectivity index (χ2v) is 3.08. The van der Waals surface area contributed by atoms with Crippen molar-refractivity contribution in [3.63, 3.8) is 0 Å². The number of oxazole rings is 1. The summed E-state index contributed by atoms with van der Waals surface area (Å²) < 4.78 is 5.54. The van der Waals surface area contributed by atoms with Crippen molar-refractivity contribution in [3.05, 3.63) is 42.9 Å². The van der Waals surface area contributed by atoms with Gasteiger partial charge in [0.25, 0.3) is 0 Å². The number of benzene rings is 1. The number of hydrogen-bond donors (Lipinski definition) is 0. The van der Waals surface area contributed by atoms with Crippen LogP contribution in [-0.2, 0) is 0 Å². The number of rotatable bonds is 1. The maximum absolute atomic E-state index is 5.54. The van der Waals surface area contributed by atoms with Crippen LogP contribution in [0.2, 0.25) is 0 Å². The first-order valence-corrected chi connectivity index (χ1v) is 4.55. The van der Waals surface area contributed by atoms with Crippen molar-refractivity contribution in [1.82, 2.24) is 15.0 Å². The Morgan fingerprint density at radius 1 is 1.07 bits per heavy atom. The molecule has 3 aromatic rings. The van der Waals surface area contributed by atoms with Crippen molar-refractivity contribution in [3.8, 4) is 11.6 Å². The fourth-order valence-electron chi connectivity index (χ4n) is 1.39. The van der Waals surface area contributed by atoms with Gasteiger partial charge in [0, 0.05) is 12.4 Å². The standard InChI is InChI=1S/C11H7N3O/c1-2-4-10-8(3-1)14-11(15-10)9-7-12-5-6-13-9/h1-7H. The Kier molecular flexibility index (Phi) is 1.71. The van der Waals surface area contributed by atoms with E-state index in [1.165, 1.54) is 0 Å². The number of para-hydroxylation sites is 2. The largest absolute Gasteiger partial charge is 0.435 e. The summed E-state index contributed by atoms with van der Waals surface area (Å²) in [5.41, 5.74) is 2.24. The van der Waals surface area contributed by atoms with Gasteiger partial charge in [-0.2, -0.15) is 0 Å². The molecule has 4 nitrogen and oxygen atoms in total. The predicted molar refractivity (Wildman–Crippen MR) is 55.0 cm³/mol. The number of hydrogen-bond acceptors (Lipinski definition) is 4. The minimum atomic E-state index is 0.504. The van der Waals surface area contributed by atoms with Crippen LogP contribution in [0.25, 0.3) is 22.7 Å². The SMILES string of the molecule is c1ccc2oc(-c3cnccn3)nc2c1. The van der Waals surface area contributed by atoms with E-state index in [9.17, 15) is 0 Å². The Hall–Kier alpha value is -2.23. The second kappa shape index (κ2) is 3.16. The van der Waals surface area contributed by atoms with Gasteiger partial charge < -0.3 is 4.42 Å². The van der Waals surface area contributed by atoms with Gasteiger partial charge in [0.1, 0.15) is 11.2 Å². The van der Waals surface area contributed by atoms with Crippen molar-refractivity contribution < 1.29 is 4.42 Å². The molecule has 0 atom stereocenters. The minimum Gasteiger partial charge on any atom is -0.435 e. The van der Waals surface area contributed by atoms with E-state index in [1.807, 2.05) is 24.3 Å². The van der Waals surface area contributed by atoms with Crippen LogP contribution in [0.3, 0.4) is 0 Å². The fourth-order valence-corrected chi connectivity index (χ4v) is 1.39. The Morgan fingerprint density at radius 2 is 2.00 bits per heavy atom. The molecule has 4 heteroatoms. The summed E-state index contributed by atoms with van der Waals surface area (Å²) in [5.74, 6) is 0.504. The summed E-state index contributed by atoms with van der Waals surface area (Å²) in [4.78, 5) is 12.4. The summed E-state index contributed by atoms with van der Waals surface area (Å²) in [6.45, 7) is 0. The van der Waals surface area contributed by atoms with Gasteiger partial charge in [-0.05, 0) is 12.1 Å². The number of fused-ring (bicyclic) bond motifs is 1. The Balaban J connectivity index is 2.21. The Labute approximate surface area is 85.6 Å². The molecule has 0 spiro atoms. The predicted octanol–water partition coefficient (Wildman–Crippen LogP) is 2.28.